The minimum absolute atomic E-state index is 0.203. The second kappa shape index (κ2) is 39.3. The minimum atomic E-state index is -1.57. The highest BCUT2D eigenvalue weighted by Gasteiger charge is 2.44. The van der Waals surface area contributed by atoms with Crippen LogP contribution in [0.15, 0.2) is 48.6 Å². The van der Waals surface area contributed by atoms with E-state index in [0.717, 1.165) is 70.6 Å². The summed E-state index contributed by atoms with van der Waals surface area (Å²) >= 11 is 0. The van der Waals surface area contributed by atoms with Gasteiger partial charge in [0.05, 0.1) is 25.4 Å². The summed E-state index contributed by atoms with van der Waals surface area (Å²) in [5.41, 5.74) is 0. The highest BCUT2D eigenvalue weighted by Crippen LogP contribution is 2.22. The molecule has 1 saturated heterocycles. The molecule has 1 amide bonds. The van der Waals surface area contributed by atoms with Crippen LogP contribution < -0.4 is 5.32 Å². The lowest BCUT2D eigenvalue weighted by atomic mass is 9.99. The number of nitrogens with one attached hydrogen (secondary N) is 1. The number of allylic oxidation sites excluding steroid dienone is 7. The summed E-state index contributed by atoms with van der Waals surface area (Å²) in [5.74, 6) is -0.203. The number of carbonyl (C=O) groups is 1. The van der Waals surface area contributed by atoms with Gasteiger partial charge in [-0.25, -0.2) is 0 Å². The standard InChI is InChI=1S/C49H89NO8/c1-3-5-7-9-11-13-15-17-18-19-20-21-22-23-24-25-27-28-30-32-34-36-38-43(52)42(41-57-49-48(56)47(55)46(54)44(40-51)58-49)50-45(53)39-37-35-33-31-29-26-16-14-12-10-8-6-4-2/h8,10,14,16,28,30,36,38,42-44,46-49,51-52,54-56H,3-7,9,11-13,15,17-27,29,31-35,37,39-41H2,1-2H3,(H,50,53)/b10-8-,16-14-,30-28+,38-36+. The summed E-state index contributed by atoms with van der Waals surface area (Å²) in [4.78, 5) is 12.9. The maximum Gasteiger partial charge on any atom is 0.220 e. The zero-order chi connectivity index (χ0) is 42.3. The van der Waals surface area contributed by atoms with Gasteiger partial charge >= 0.3 is 0 Å². The Balaban J connectivity index is 2.35. The molecule has 6 N–H and O–H groups in total. The predicted molar refractivity (Wildman–Crippen MR) is 239 cm³/mol. The largest absolute Gasteiger partial charge is 0.394 e. The van der Waals surface area contributed by atoms with E-state index in [1.807, 2.05) is 6.08 Å². The Labute approximate surface area is 354 Å². The van der Waals surface area contributed by atoms with Crippen LogP contribution in [0.2, 0.25) is 0 Å². The van der Waals surface area contributed by atoms with Crippen molar-refractivity contribution in [2.75, 3.05) is 13.2 Å². The molecular weight excluding hydrogens is 731 g/mol. The van der Waals surface area contributed by atoms with Crippen molar-refractivity contribution in [3.05, 3.63) is 48.6 Å². The fourth-order valence-electron chi connectivity index (χ4n) is 7.27. The molecular formula is C49H89NO8. The van der Waals surface area contributed by atoms with E-state index in [1.54, 1.807) is 6.08 Å². The van der Waals surface area contributed by atoms with E-state index < -0.39 is 49.5 Å². The van der Waals surface area contributed by atoms with E-state index in [2.05, 4.69) is 55.6 Å². The average Bonchev–Trinajstić information content (AvgIpc) is 3.22. The van der Waals surface area contributed by atoms with E-state index in [4.69, 9.17) is 9.47 Å². The van der Waals surface area contributed by atoms with E-state index in [-0.39, 0.29) is 12.5 Å². The fraction of sp³-hybridized carbons (Fsp3) is 0.816. The molecule has 1 heterocycles. The van der Waals surface area contributed by atoms with Crippen LogP contribution in [0.1, 0.15) is 200 Å². The molecule has 1 aliphatic rings. The van der Waals surface area contributed by atoms with Gasteiger partial charge in [-0.3, -0.25) is 4.79 Å². The molecule has 0 spiro atoms. The van der Waals surface area contributed by atoms with Crippen molar-refractivity contribution in [3.8, 4) is 0 Å². The topological polar surface area (TPSA) is 149 Å². The van der Waals surface area contributed by atoms with E-state index in [1.165, 1.54) is 109 Å². The van der Waals surface area contributed by atoms with Gasteiger partial charge in [0.2, 0.25) is 5.91 Å². The van der Waals surface area contributed by atoms with Gasteiger partial charge in [-0.15, -0.1) is 0 Å². The van der Waals surface area contributed by atoms with Gasteiger partial charge < -0.3 is 40.3 Å². The highest BCUT2D eigenvalue weighted by atomic mass is 16.7. The van der Waals surface area contributed by atoms with Crippen LogP contribution in [0.25, 0.3) is 0 Å². The Morgan fingerprint density at radius 2 is 1.07 bits per heavy atom. The molecule has 1 fully saturated rings. The van der Waals surface area contributed by atoms with Crippen LogP contribution >= 0.6 is 0 Å². The summed E-state index contributed by atoms with van der Waals surface area (Å²) in [5, 5.41) is 54.2. The van der Waals surface area contributed by atoms with E-state index in [9.17, 15) is 30.3 Å². The Hall–Kier alpha value is -1.85. The van der Waals surface area contributed by atoms with Crippen LogP contribution in [0.3, 0.4) is 0 Å². The summed E-state index contributed by atoms with van der Waals surface area (Å²) in [6, 6.07) is -0.829. The molecule has 0 aromatic carbocycles. The third-order valence-corrected chi connectivity index (χ3v) is 11.1. The summed E-state index contributed by atoms with van der Waals surface area (Å²) in [7, 11) is 0. The Morgan fingerprint density at radius 3 is 1.62 bits per heavy atom. The lowest BCUT2D eigenvalue weighted by molar-refractivity contribution is -0.302. The zero-order valence-corrected chi connectivity index (χ0v) is 37.0. The average molecular weight is 820 g/mol. The molecule has 9 nitrogen and oxygen atoms in total. The van der Waals surface area contributed by atoms with Crippen molar-refractivity contribution in [2.24, 2.45) is 0 Å². The lowest BCUT2D eigenvalue weighted by Gasteiger charge is -2.40. The molecule has 7 atom stereocenters. The number of hydrogen-bond acceptors (Lipinski definition) is 8. The zero-order valence-electron chi connectivity index (χ0n) is 37.0. The van der Waals surface area contributed by atoms with E-state index >= 15 is 0 Å². The van der Waals surface area contributed by atoms with Gasteiger partial charge in [0, 0.05) is 6.42 Å². The molecule has 0 aromatic heterocycles. The van der Waals surface area contributed by atoms with Crippen molar-refractivity contribution in [2.45, 2.75) is 243 Å². The SMILES string of the molecule is CCC/C=C\C/C=C\CCCCCCCC(=O)NC(COC1OC(CO)C(O)C(O)C1O)C(O)/C=C/CC/C=C/CCCCCCCCCCCCCCCCCC. The molecule has 0 aromatic rings. The third kappa shape index (κ3) is 29.4. The summed E-state index contributed by atoms with van der Waals surface area (Å²) in [6.45, 7) is 3.68. The van der Waals surface area contributed by atoms with Crippen LogP contribution in [-0.2, 0) is 14.3 Å². The van der Waals surface area contributed by atoms with Crippen molar-refractivity contribution >= 4 is 5.91 Å². The predicted octanol–water partition coefficient (Wildman–Crippen LogP) is 10.2. The molecule has 0 saturated carbocycles. The number of hydrogen-bond donors (Lipinski definition) is 6. The van der Waals surface area contributed by atoms with Gasteiger partial charge in [0.1, 0.15) is 24.4 Å². The van der Waals surface area contributed by atoms with Gasteiger partial charge in [-0.05, 0) is 57.8 Å². The number of amides is 1. The second-order valence-electron chi connectivity index (χ2n) is 16.5. The van der Waals surface area contributed by atoms with Crippen molar-refractivity contribution in [1.29, 1.82) is 0 Å². The first-order valence-electron chi connectivity index (χ1n) is 23.9. The van der Waals surface area contributed by atoms with Crippen LogP contribution in [0.4, 0.5) is 0 Å². The molecule has 0 bridgehead atoms. The van der Waals surface area contributed by atoms with Crippen molar-refractivity contribution in [1.82, 2.24) is 5.32 Å². The third-order valence-electron chi connectivity index (χ3n) is 11.1. The molecule has 1 aliphatic heterocycles. The number of aliphatic hydroxyl groups is 5. The highest BCUT2D eigenvalue weighted by molar-refractivity contribution is 5.76. The Morgan fingerprint density at radius 1 is 0.586 bits per heavy atom. The second-order valence-corrected chi connectivity index (χ2v) is 16.5. The van der Waals surface area contributed by atoms with Gasteiger partial charge in [0.15, 0.2) is 6.29 Å². The Bertz CT molecular complexity index is 1050. The minimum Gasteiger partial charge on any atom is -0.394 e. The normalized spacial score (nSPS) is 21.3. The number of unbranched alkanes of at least 4 members (excludes halogenated alkanes) is 23. The van der Waals surface area contributed by atoms with Gasteiger partial charge in [0.25, 0.3) is 0 Å². The van der Waals surface area contributed by atoms with Crippen LogP contribution in [-0.4, -0.2) is 87.5 Å². The van der Waals surface area contributed by atoms with Crippen LogP contribution in [0.5, 0.6) is 0 Å². The first-order chi connectivity index (χ1) is 28.3. The molecule has 338 valence electrons. The fourth-order valence-corrected chi connectivity index (χ4v) is 7.27. The number of rotatable bonds is 39. The van der Waals surface area contributed by atoms with Gasteiger partial charge in [-0.1, -0.05) is 184 Å². The molecule has 58 heavy (non-hydrogen) atoms. The molecule has 0 aliphatic carbocycles. The van der Waals surface area contributed by atoms with Crippen molar-refractivity contribution in [3.63, 3.8) is 0 Å². The number of ether oxygens (including phenoxy) is 2. The maximum absolute atomic E-state index is 12.9. The molecule has 1 rings (SSSR count). The molecule has 7 unspecified atom stereocenters. The number of carbonyl (C=O) groups excluding carboxylic acids is 1. The summed E-state index contributed by atoms with van der Waals surface area (Å²) in [6.07, 6.45) is 43.1. The smallest absolute Gasteiger partial charge is 0.220 e. The van der Waals surface area contributed by atoms with E-state index in [0.29, 0.717) is 6.42 Å². The lowest BCUT2D eigenvalue weighted by Crippen LogP contribution is -2.60. The molecule has 0 radical (unpaired) electrons. The molecule has 9 heteroatoms. The summed E-state index contributed by atoms with van der Waals surface area (Å²) < 4.78 is 11.2. The first kappa shape index (κ1) is 54.2. The Kier molecular flexibility index (Phi) is 36.7. The maximum atomic E-state index is 12.9. The van der Waals surface area contributed by atoms with Crippen LogP contribution in [0, 0.1) is 0 Å². The quantitative estimate of drug-likeness (QED) is 0.0265. The number of aliphatic hydroxyl groups excluding tert-OH is 5. The van der Waals surface area contributed by atoms with Crippen molar-refractivity contribution < 1.29 is 39.8 Å². The van der Waals surface area contributed by atoms with Gasteiger partial charge in [-0.2, -0.15) is 0 Å². The first-order valence-corrected chi connectivity index (χ1v) is 23.9. The monoisotopic (exact) mass is 820 g/mol.